The van der Waals surface area contributed by atoms with Gasteiger partial charge in [-0.05, 0) is 12.1 Å². The Hall–Kier alpha value is -1.92. The highest BCUT2D eigenvalue weighted by atomic mass is 79.9. The number of Topliss-reactive ketones (excluding diaryl/α,β-unsaturated/α-hetero) is 1. The standard InChI is InChI=1S/C14H9BrClNO4/c15-11-4-2-1-3-10(11)14(18)8-21-9-5-6-13(17(19)20)12(16)7-9/h1-7H,8H2. The second-order valence-corrected chi connectivity index (χ2v) is 5.32. The maximum Gasteiger partial charge on any atom is 0.288 e. The van der Waals surface area contributed by atoms with Crippen LogP contribution in [-0.2, 0) is 0 Å². The van der Waals surface area contributed by atoms with Crippen LogP contribution in [0, 0.1) is 10.1 Å². The molecule has 0 saturated heterocycles. The molecular formula is C14H9BrClNO4. The molecule has 0 bridgehead atoms. The van der Waals surface area contributed by atoms with Crippen LogP contribution >= 0.6 is 27.5 Å². The lowest BCUT2D eigenvalue weighted by molar-refractivity contribution is -0.384. The number of ketones is 1. The third kappa shape index (κ3) is 3.80. The average Bonchev–Trinajstić information content (AvgIpc) is 2.45. The Morgan fingerprint density at radius 1 is 1.29 bits per heavy atom. The van der Waals surface area contributed by atoms with E-state index in [1.165, 1.54) is 18.2 Å². The smallest absolute Gasteiger partial charge is 0.288 e. The summed E-state index contributed by atoms with van der Waals surface area (Å²) < 4.78 is 6.00. The van der Waals surface area contributed by atoms with Gasteiger partial charge in [-0.3, -0.25) is 14.9 Å². The highest BCUT2D eigenvalue weighted by molar-refractivity contribution is 9.10. The number of ether oxygens (including phenoxy) is 1. The molecule has 108 valence electrons. The van der Waals surface area contributed by atoms with Gasteiger partial charge >= 0.3 is 0 Å². The lowest BCUT2D eigenvalue weighted by atomic mass is 10.1. The van der Waals surface area contributed by atoms with Crippen molar-refractivity contribution in [3.8, 4) is 5.75 Å². The van der Waals surface area contributed by atoms with Gasteiger partial charge in [-0.1, -0.05) is 45.7 Å². The zero-order chi connectivity index (χ0) is 15.4. The number of nitrogens with zero attached hydrogens (tertiary/aromatic N) is 1. The molecule has 0 aliphatic heterocycles. The number of nitro groups is 1. The van der Waals surface area contributed by atoms with Crippen molar-refractivity contribution in [2.75, 3.05) is 6.61 Å². The van der Waals surface area contributed by atoms with Crippen LogP contribution < -0.4 is 4.74 Å². The van der Waals surface area contributed by atoms with Crippen molar-refractivity contribution in [3.63, 3.8) is 0 Å². The molecule has 2 rings (SSSR count). The van der Waals surface area contributed by atoms with E-state index in [0.717, 1.165) is 0 Å². The maximum atomic E-state index is 12.0. The van der Waals surface area contributed by atoms with Gasteiger partial charge in [-0.2, -0.15) is 0 Å². The molecule has 0 aliphatic carbocycles. The van der Waals surface area contributed by atoms with E-state index >= 15 is 0 Å². The van der Waals surface area contributed by atoms with Gasteiger partial charge < -0.3 is 4.74 Å². The van der Waals surface area contributed by atoms with Gasteiger partial charge in [-0.25, -0.2) is 0 Å². The van der Waals surface area contributed by atoms with Gasteiger partial charge in [0.1, 0.15) is 10.8 Å². The Morgan fingerprint density at radius 2 is 2.00 bits per heavy atom. The minimum atomic E-state index is -0.585. The molecule has 0 aliphatic rings. The molecule has 5 nitrogen and oxygen atoms in total. The number of carbonyl (C=O) groups excluding carboxylic acids is 1. The topological polar surface area (TPSA) is 69.4 Å². The number of rotatable bonds is 5. The molecule has 21 heavy (non-hydrogen) atoms. The first-order valence-electron chi connectivity index (χ1n) is 5.83. The van der Waals surface area contributed by atoms with Crippen molar-refractivity contribution in [1.29, 1.82) is 0 Å². The van der Waals surface area contributed by atoms with Crippen molar-refractivity contribution in [1.82, 2.24) is 0 Å². The quantitative estimate of drug-likeness (QED) is 0.448. The molecule has 7 heteroatoms. The first kappa shape index (κ1) is 15.5. The summed E-state index contributed by atoms with van der Waals surface area (Å²) in [4.78, 5) is 22.1. The molecule has 2 aromatic carbocycles. The minimum absolute atomic E-state index is 0.0363. The molecule has 0 N–H and O–H groups in total. The summed E-state index contributed by atoms with van der Waals surface area (Å²) in [6.45, 7) is -0.184. The van der Waals surface area contributed by atoms with Crippen LogP contribution in [0.2, 0.25) is 5.02 Å². The lowest BCUT2D eigenvalue weighted by Crippen LogP contribution is -2.12. The third-order valence-electron chi connectivity index (χ3n) is 2.66. The summed E-state index contributed by atoms with van der Waals surface area (Å²) in [5, 5.41) is 10.6. The number of hydrogen-bond acceptors (Lipinski definition) is 4. The highest BCUT2D eigenvalue weighted by Gasteiger charge is 2.14. The van der Waals surface area contributed by atoms with E-state index in [-0.39, 0.29) is 23.1 Å². The fourth-order valence-electron chi connectivity index (χ4n) is 1.64. The van der Waals surface area contributed by atoms with E-state index in [9.17, 15) is 14.9 Å². The maximum absolute atomic E-state index is 12.0. The van der Waals surface area contributed by atoms with Gasteiger partial charge in [0.2, 0.25) is 5.78 Å². The SMILES string of the molecule is O=C(COc1ccc([N+](=O)[O-])c(Cl)c1)c1ccccc1Br. The number of halogens is 2. The fourth-order valence-corrected chi connectivity index (χ4v) is 2.38. The summed E-state index contributed by atoms with van der Waals surface area (Å²) in [6, 6.07) is 10.9. The summed E-state index contributed by atoms with van der Waals surface area (Å²) in [6.07, 6.45) is 0. The molecule has 0 heterocycles. The monoisotopic (exact) mass is 369 g/mol. The molecule has 0 unspecified atom stereocenters. The number of nitro benzene ring substituents is 1. The van der Waals surface area contributed by atoms with Crippen molar-refractivity contribution in [3.05, 3.63) is 67.6 Å². The van der Waals surface area contributed by atoms with E-state index in [4.69, 9.17) is 16.3 Å². The van der Waals surface area contributed by atoms with Crippen LogP contribution in [0.1, 0.15) is 10.4 Å². The number of hydrogen-bond donors (Lipinski definition) is 0. The van der Waals surface area contributed by atoms with Crippen LogP contribution in [0.5, 0.6) is 5.75 Å². The molecular weight excluding hydrogens is 362 g/mol. The summed E-state index contributed by atoms with van der Waals surface area (Å²) in [5.74, 6) is 0.0861. The van der Waals surface area contributed by atoms with Gasteiger partial charge in [0.05, 0.1) is 4.92 Å². The predicted molar refractivity (Wildman–Crippen MR) is 82.1 cm³/mol. The molecule has 0 spiro atoms. The zero-order valence-electron chi connectivity index (χ0n) is 10.6. The molecule has 0 radical (unpaired) electrons. The van der Waals surface area contributed by atoms with Crippen LogP contribution in [-0.4, -0.2) is 17.3 Å². The Kier molecular flexibility index (Phi) is 4.93. The first-order valence-corrected chi connectivity index (χ1v) is 7.00. The first-order chi connectivity index (χ1) is 9.99. The highest BCUT2D eigenvalue weighted by Crippen LogP contribution is 2.28. The Balaban J connectivity index is 2.07. The average molecular weight is 371 g/mol. The zero-order valence-corrected chi connectivity index (χ0v) is 12.9. The second kappa shape index (κ2) is 6.69. The molecule has 2 aromatic rings. The van der Waals surface area contributed by atoms with Gasteiger partial charge in [0, 0.05) is 22.2 Å². The largest absolute Gasteiger partial charge is 0.485 e. The van der Waals surface area contributed by atoms with Crippen molar-refractivity contribution < 1.29 is 14.5 Å². The Morgan fingerprint density at radius 3 is 2.62 bits per heavy atom. The second-order valence-electron chi connectivity index (χ2n) is 4.06. The van der Waals surface area contributed by atoms with Crippen LogP contribution in [0.3, 0.4) is 0 Å². The number of carbonyl (C=O) groups is 1. The molecule has 0 saturated carbocycles. The third-order valence-corrected chi connectivity index (χ3v) is 3.65. The molecule has 0 atom stereocenters. The summed E-state index contributed by atoms with van der Waals surface area (Å²) >= 11 is 9.06. The van der Waals surface area contributed by atoms with Gasteiger partial charge in [0.25, 0.3) is 5.69 Å². The normalized spacial score (nSPS) is 10.2. The Bertz CT molecular complexity index is 705. The van der Waals surface area contributed by atoms with Gasteiger partial charge in [-0.15, -0.1) is 0 Å². The van der Waals surface area contributed by atoms with E-state index < -0.39 is 4.92 Å². The van der Waals surface area contributed by atoms with Crippen LogP contribution in [0.4, 0.5) is 5.69 Å². The summed E-state index contributed by atoms with van der Waals surface area (Å²) in [5.41, 5.74) is 0.298. The van der Waals surface area contributed by atoms with E-state index in [1.54, 1.807) is 24.3 Å². The Labute approximate surface area is 133 Å². The van der Waals surface area contributed by atoms with Crippen molar-refractivity contribution in [2.45, 2.75) is 0 Å². The van der Waals surface area contributed by atoms with Gasteiger partial charge in [0.15, 0.2) is 6.61 Å². The van der Waals surface area contributed by atoms with E-state index in [1.807, 2.05) is 0 Å². The minimum Gasteiger partial charge on any atom is -0.485 e. The molecule has 0 fully saturated rings. The van der Waals surface area contributed by atoms with Crippen LogP contribution in [0.15, 0.2) is 46.9 Å². The predicted octanol–water partition coefficient (Wildman–Crippen LogP) is 4.27. The van der Waals surface area contributed by atoms with E-state index in [2.05, 4.69) is 15.9 Å². The molecule has 0 amide bonds. The van der Waals surface area contributed by atoms with Crippen molar-refractivity contribution in [2.24, 2.45) is 0 Å². The number of benzene rings is 2. The van der Waals surface area contributed by atoms with Crippen LogP contribution in [0.25, 0.3) is 0 Å². The van der Waals surface area contributed by atoms with E-state index in [0.29, 0.717) is 15.8 Å². The molecule has 0 aromatic heterocycles. The lowest BCUT2D eigenvalue weighted by Gasteiger charge is -2.07. The van der Waals surface area contributed by atoms with Crippen molar-refractivity contribution >= 4 is 39.0 Å². The summed E-state index contributed by atoms with van der Waals surface area (Å²) in [7, 11) is 0. The fraction of sp³-hybridized carbons (Fsp3) is 0.0714.